The number of carbonyl (C=O) groups excluding carboxylic acids is 2. The van der Waals surface area contributed by atoms with Crippen LogP contribution in [0, 0.1) is 6.92 Å². The fourth-order valence-electron chi connectivity index (χ4n) is 3.49. The van der Waals surface area contributed by atoms with Crippen molar-refractivity contribution in [1.82, 2.24) is 20.2 Å². The van der Waals surface area contributed by atoms with Crippen LogP contribution in [0.25, 0.3) is 10.2 Å². The lowest BCUT2D eigenvalue weighted by Crippen LogP contribution is -2.30. The normalized spacial score (nSPS) is 11.8. The van der Waals surface area contributed by atoms with Crippen LogP contribution in [0.3, 0.4) is 0 Å². The fourth-order valence-corrected chi connectivity index (χ4v) is 4.59. The van der Waals surface area contributed by atoms with Crippen LogP contribution >= 0.6 is 11.3 Å². The molecule has 0 saturated heterocycles. The Morgan fingerprint density at radius 1 is 1.18 bits per heavy atom. The molecule has 0 spiro atoms. The second-order valence-electron chi connectivity index (χ2n) is 7.87. The molecular weight excluding hydrogens is 456 g/mol. The van der Waals surface area contributed by atoms with Crippen LogP contribution in [0.1, 0.15) is 46.0 Å². The smallest absolute Gasteiger partial charge is 0.262 e. The summed E-state index contributed by atoms with van der Waals surface area (Å²) >= 11 is 1.29. The molecule has 2 aromatic heterocycles. The maximum atomic E-state index is 13.3. The van der Waals surface area contributed by atoms with Gasteiger partial charge in [-0.15, -0.1) is 11.3 Å². The van der Waals surface area contributed by atoms with Gasteiger partial charge >= 0.3 is 0 Å². The summed E-state index contributed by atoms with van der Waals surface area (Å²) in [7, 11) is 6.47. The van der Waals surface area contributed by atoms with Gasteiger partial charge in [-0.3, -0.25) is 9.59 Å². The van der Waals surface area contributed by atoms with E-state index in [1.54, 1.807) is 34.4 Å². The number of carbonyl (C=O) groups is 2. The van der Waals surface area contributed by atoms with Crippen molar-refractivity contribution >= 4 is 33.4 Å². The quantitative estimate of drug-likeness (QED) is 0.468. The molecule has 0 radical (unpaired) electrons. The number of thiophene rings is 1. The summed E-state index contributed by atoms with van der Waals surface area (Å²) < 4.78 is 16.4. The van der Waals surface area contributed by atoms with Crippen molar-refractivity contribution in [2.75, 3.05) is 34.9 Å². The van der Waals surface area contributed by atoms with Gasteiger partial charge in [0.1, 0.15) is 17.2 Å². The minimum atomic E-state index is -0.306. The Labute approximate surface area is 203 Å². The van der Waals surface area contributed by atoms with E-state index in [2.05, 4.69) is 15.3 Å². The Bertz CT molecular complexity index is 1180. The lowest BCUT2D eigenvalue weighted by molar-refractivity contribution is -0.130. The van der Waals surface area contributed by atoms with Gasteiger partial charge < -0.3 is 24.4 Å². The second-order valence-corrected chi connectivity index (χ2v) is 8.87. The minimum Gasteiger partial charge on any atom is -0.483 e. The molecule has 0 aliphatic heterocycles. The standard InChI is InChI=1S/C24H30N4O5S/c1-7-16(15-10-8-9-11-17(15)33-13-19(29)28(3)4)25-22(30)21-14(2)20-23(32-6)26-18(12-31-5)27-24(20)34-21/h8-11,16H,7,12-13H2,1-6H3,(H,25,30). The van der Waals surface area contributed by atoms with Gasteiger partial charge in [0.05, 0.1) is 23.4 Å². The fraction of sp³-hybridized carbons (Fsp3) is 0.417. The highest BCUT2D eigenvalue weighted by molar-refractivity contribution is 7.20. The van der Waals surface area contributed by atoms with Crippen molar-refractivity contribution in [3.05, 3.63) is 46.1 Å². The molecule has 3 aromatic rings. The number of fused-ring (bicyclic) bond motifs is 1. The van der Waals surface area contributed by atoms with Gasteiger partial charge in [0.25, 0.3) is 11.8 Å². The Balaban J connectivity index is 1.89. The summed E-state index contributed by atoms with van der Waals surface area (Å²) in [6, 6.07) is 7.11. The predicted molar refractivity (Wildman–Crippen MR) is 131 cm³/mol. The largest absolute Gasteiger partial charge is 0.483 e. The van der Waals surface area contributed by atoms with E-state index in [0.29, 0.717) is 33.6 Å². The molecule has 3 rings (SSSR count). The van der Waals surface area contributed by atoms with Gasteiger partial charge in [-0.2, -0.15) is 4.98 Å². The average Bonchev–Trinajstić information content (AvgIpc) is 3.17. The molecule has 2 heterocycles. The zero-order valence-corrected chi connectivity index (χ0v) is 21.1. The zero-order chi connectivity index (χ0) is 24.8. The number of aromatic nitrogens is 2. The van der Waals surface area contributed by atoms with Crippen LogP contribution in [-0.2, 0) is 16.1 Å². The molecule has 0 bridgehead atoms. The van der Waals surface area contributed by atoms with Crippen molar-refractivity contribution in [2.45, 2.75) is 32.9 Å². The van der Waals surface area contributed by atoms with Gasteiger partial charge in [0.2, 0.25) is 5.88 Å². The molecule has 0 aliphatic rings. The Morgan fingerprint density at radius 3 is 2.56 bits per heavy atom. The summed E-state index contributed by atoms with van der Waals surface area (Å²) in [4.78, 5) is 36.9. The topological polar surface area (TPSA) is 103 Å². The molecule has 1 atom stereocenters. The number of hydrogen-bond donors (Lipinski definition) is 1. The molecule has 2 amide bonds. The minimum absolute atomic E-state index is 0.0773. The molecular formula is C24H30N4O5S. The zero-order valence-electron chi connectivity index (χ0n) is 20.3. The lowest BCUT2D eigenvalue weighted by atomic mass is 10.0. The van der Waals surface area contributed by atoms with E-state index in [0.717, 1.165) is 16.5 Å². The van der Waals surface area contributed by atoms with E-state index < -0.39 is 0 Å². The number of ether oxygens (including phenoxy) is 3. The third-order valence-electron chi connectivity index (χ3n) is 5.33. The van der Waals surface area contributed by atoms with E-state index in [9.17, 15) is 9.59 Å². The highest BCUT2D eigenvalue weighted by Crippen LogP contribution is 2.36. The molecule has 1 aromatic carbocycles. The summed E-state index contributed by atoms with van der Waals surface area (Å²) in [5, 5.41) is 3.83. The average molecular weight is 487 g/mol. The number of likely N-dealkylation sites (N-methyl/N-ethyl adjacent to an activating group) is 1. The highest BCUT2D eigenvalue weighted by Gasteiger charge is 2.24. The highest BCUT2D eigenvalue weighted by atomic mass is 32.1. The Morgan fingerprint density at radius 2 is 1.91 bits per heavy atom. The van der Waals surface area contributed by atoms with Gasteiger partial charge in [-0.1, -0.05) is 25.1 Å². The summed E-state index contributed by atoms with van der Waals surface area (Å²) in [6.45, 7) is 4.01. The third-order valence-corrected chi connectivity index (χ3v) is 6.52. The van der Waals surface area contributed by atoms with Crippen LogP contribution < -0.4 is 14.8 Å². The number of para-hydroxylation sites is 1. The van der Waals surface area contributed by atoms with E-state index in [4.69, 9.17) is 14.2 Å². The second kappa shape index (κ2) is 11.3. The Kier molecular flexibility index (Phi) is 8.41. The van der Waals surface area contributed by atoms with Crippen LogP contribution in [0.15, 0.2) is 24.3 Å². The summed E-state index contributed by atoms with van der Waals surface area (Å²) in [6.07, 6.45) is 0.638. The number of aryl methyl sites for hydroxylation is 1. The van der Waals surface area contributed by atoms with Crippen LogP contribution in [0.2, 0.25) is 0 Å². The third kappa shape index (κ3) is 5.45. The molecule has 9 nitrogen and oxygen atoms in total. The van der Waals surface area contributed by atoms with Crippen molar-refractivity contribution in [3.8, 4) is 11.6 Å². The number of benzene rings is 1. The molecule has 1 unspecified atom stereocenters. The van der Waals surface area contributed by atoms with Crippen molar-refractivity contribution < 1.29 is 23.8 Å². The molecule has 10 heteroatoms. The number of nitrogens with zero attached hydrogens (tertiary/aromatic N) is 3. The SMILES string of the molecule is CCC(NC(=O)c1sc2nc(COC)nc(OC)c2c1C)c1ccccc1OCC(=O)N(C)C. The van der Waals surface area contributed by atoms with Crippen LogP contribution in [0.4, 0.5) is 0 Å². The molecule has 0 aliphatic carbocycles. The van der Waals surface area contributed by atoms with E-state index in [1.807, 2.05) is 32.0 Å². The molecule has 1 N–H and O–H groups in total. The van der Waals surface area contributed by atoms with Crippen molar-refractivity contribution in [1.29, 1.82) is 0 Å². The number of hydrogen-bond acceptors (Lipinski definition) is 8. The first-order chi connectivity index (χ1) is 16.3. The number of amides is 2. The first kappa shape index (κ1) is 25.4. The maximum Gasteiger partial charge on any atom is 0.262 e. The molecule has 34 heavy (non-hydrogen) atoms. The van der Waals surface area contributed by atoms with Crippen LogP contribution in [-0.4, -0.2) is 61.6 Å². The summed E-state index contributed by atoms with van der Waals surface area (Å²) in [5.41, 5.74) is 1.57. The monoisotopic (exact) mass is 486 g/mol. The van der Waals surface area contributed by atoms with Gasteiger partial charge in [0.15, 0.2) is 12.4 Å². The molecule has 0 saturated carbocycles. The van der Waals surface area contributed by atoms with Gasteiger partial charge in [-0.25, -0.2) is 4.98 Å². The molecule has 0 fully saturated rings. The predicted octanol–water partition coefficient (Wildman–Crippen LogP) is 3.50. The van der Waals surface area contributed by atoms with E-state index in [-0.39, 0.29) is 31.1 Å². The van der Waals surface area contributed by atoms with Gasteiger partial charge in [0, 0.05) is 26.8 Å². The maximum absolute atomic E-state index is 13.3. The number of methoxy groups -OCH3 is 2. The number of nitrogens with one attached hydrogen (secondary N) is 1. The summed E-state index contributed by atoms with van der Waals surface area (Å²) in [5.74, 6) is 1.11. The van der Waals surface area contributed by atoms with Crippen molar-refractivity contribution in [3.63, 3.8) is 0 Å². The first-order valence-electron chi connectivity index (χ1n) is 10.9. The van der Waals surface area contributed by atoms with Gasteiger partial charge in [-0.05, 0) is 25.0 Å². The lowest BCUT2D eigenvalue weighted by Gasteiger charge is -2.21. The Hall–Kier alpha value is -3.24. The molecule has 182 valence electrons. The van der Waals surface area contributed by atoms with E-state index >= 15 is 0 Å². The first-order valence-corrected chi connectivity index (χ1v) is 11.7. The number of rotatable bonds is 10. The van der Waals surface area contributed by atoms with Crippen molar-refractivity contribution in [2.24, 2.45) is 0 Å². The van der Waals surface area contributed by atoms with E-state index in [1.165, 1.54) is 16.2 Å². The van der Waals surface area contributed by atoms with Crippen LogP contribution in [0.5, 0.6) is 11.6 Å².